The van der Waals surface area contributed by atoms with Gasteiger partial charge in [0.2, 0.25) is 12.7 Å². The first-order valence-corrected chi connectivity index (χ1v) is 12.8. The van der Waals surface area contributed by atoms with Crippen molar-refractivity contribution < 1.29 is 18.7 Å². The summed E-state index contributed by atoms with van der Waals surface area (Å²) < 4.78 is 26.8. The van der Waals surface area contributed by atoms with Crippen molar-refractivity contribution in [2.24, 2.45) is 0 Å². The zero-order valence-electron chi connectivity index (χ0n) is 18.2. The zero-order valence-corrected chi connectivity index (χ0v) is 19.8. The molecule has 0 bridgehead atoms. The molecule has 2 aromatic heterocycles. The number of ether oxygens (including phenoxy) is 2. The van der Waals surface area contributed by atoms with Crippen molar-refractivity contribution in [1.82, 2.24) is 19.8 Å². The first-order chi connectivity index (χ1) is 16.7. The normalized spacial score (nSPS) is 16.0. The first-order valence-electron chi connectivity index (χ1n) is 11.0. The van der Waals surface area contributed by atoms with Crippen LogP contribution in [0.1, 0.15) is 5.56 Å². The Morgan fingerprint density at radius 2 is 1.94 bits per heavy atom. The highest BCUT2D eigenvalue weighted by Crippen LogP contribution is 2.38. The van der Waals surface area contributed by atoms with Gasteiger partial charge < -0.3 is 14.4 Å². The predicted molar refractivity (Wildman–Crippen MR) is 130 cm³/mol. The van der Waals surface area contributed by atoms with E-state index >= 15 is 0 Å². The molecule has 174 valence electrons. The molecule has 34 heavy (non-hydrogen) atoms. The van der Waals surface area contributed by atoms with Gasteiger partial charge in [0, 0.05) is 37.4 Å². The summed E-state index contributed by atoms with van der Waals surface area (Å²) in [4.78, 5) is 25.8. The van der Waals surface area contributed by atoms with Gasteiger partial charge in [-0.15, -0.1) is 11.3 Å². The van der Waals surface area contributed by atoms with Crippen LogP contribution >= 0.6 is 23.1 Å². The lowest BCUT2D eigenvalue weighted by Gasteiger charge is -2.34. The summed E-state index contributed by atoms with van der Waals surface area (Å²) in [6, 6.07) is 11.1. The summed E-state index contributed by atoms with van der Waals surface area (Å²) in [6.07, 6.45) is 1.45. The largest absolute Gasteiger partial charge is 0.454 e. The van der Waals surface area contributed by atoms with Crippen molar-refractivity contribution in [3.05, 3.63) is 54.1 Å². The minimum Gasteiger partial charge on any atom is -0.454 e. The number of hydrogen-bond acceptors (Lipinski definition) is 8. The average molecular weight is 497 g/mol. The first kappa shape index (κ1) is 21.6. The number of thioether (sulfide) groups is 1. The summed E-state index contributed by atoms with van der Waals surface area (Å²) in [5, 5.41) is 1.25. The van der Waals surface area contributed by atoms with E-state index < -0.39 is 0 Å². The number of carbonyl (C=O) groups is 1. The molecule has 6 rings (SSSR count). The van der Waals surface area contributed by atoms with Gasteiger partial charge in [0.15, 0.2) is 11.5 Å². The highest BCUT2D eigenvalue weighted by atomic mass is 32.2. The molecule has 1 fully saturated rings. The Kier molecular flexibility index (Phi) is 5.72. The summed E-state index contributed by atoms with van der Waals surface area (Å²) in [6.45, 7) is 4.11. The van der Waals surface area contributed by atoms with E-state index in [9.17, 15) is 9.18 Å². The number of piperazine rings is 1. The van der Waals surface area contributed by atoms with E-state index in [1.54, 1.807) is 6.07 Å². The van der Waals surface area contributed by atoms with Gasteiger partial charge in [-0.3, -0.25) is 9.69 Å². The lowest BCUT2D eigenvalue weighted by molar-refractivity contribution is -0.130. The van der Waals surface area contributed by atoms with E-state index in [4.69, 9.17) is 9.47 Å². The van der Waals surface area contributed by atoms with Crippen molar-refractivity contribution in [2.75, 3.05) is 38.7 Å². The lowest BCUT2D eigenvalue weighted by atomic mass is 10.1. The zero-order chi connectivity index (χ0) is 23.1. The Hall–Kier alpha value is -2.95. The summed E-state index contributed by atoms with van der Waals surface area (Å²) in [5.74, 6) is 1.69. The highest BCUT2D eigenvalue weighted by Gasteiger charge is 2.23. The average Bonchev–Trinajstić information content (AvgIpc) is 3.48. The number of carbonyl (C=O) groups excluding carboxylic acids is 1. The van der Waals surface area contributed by atoms with Crippen LogP contribution < -0.4 is 9.47 Å². The maximum absolute atomic E-state index is 14.3. The number of aromatic nitrogens is 2. The van der Waals surface area contributed by atoms with Crippen LogP contribution in [0.4, 0.5) is 4.39 Å². The van der Waals surface area contributed by atoms with Gasteiger partial charge in [0.05, 0.1) is 21.4 Å². The number of halogens is 1. The van der Waals surface area contributed by atoms with E-state index in [-0.39, 0.29) is 18.5 Å². The van der Waals surface area contributed by atoms with Gasteiger partial charge in [-0.2, -0.15) is 0 Å². The predicted octanol–water partition coefficient (Wildman–Crippen LogP) is 4.15. The van der Waals surface area contributed by atoms with Gasteiger partial charge >= 0.3 is 0 Å². The standard InChI is InChI=1S/C24H21FN4O3S2/c25-16-2-1-3-19-21(16)22-23(34-19)24(27-13-26-22)33-12-20(30)29-8-6-28(7-9-29)11-15-4-5-17-18(10-15)32-14-31-17/h1-5,10,13H,6-9,11-12,14H2. The van der Waals surface area contributed by atoms with Crippen LogP contribution in [0.5, 0.6) is 11.5 Å². The van der Waals surface area contributed by atoms with Crippen molar-refractivity contribution in [3.63, 3.8) is 0 Å². The van der Waals surface area contributed by atoms with Gasteiger partial charge in [-0.05, 0) is 29.8 Å². The van der Waals surface area contributed by atoms with E-state index in [1.165, 1.54) is 41.1 Å². The summed E-state index contributed by atoms with van der Waals surface area (Å²) in [5.41, 5.74) is 1.78. The Morgan fingerprint density at radius 3 is 2.82 bits per heavy atom. The molecule has 2 aromatic carbocycles. The fourth-order valence-electron chi connectivity index (χ4n) is 4.33. The molecule has 0 spiro atoms. The third-order valence-corrected chi connectivity index (χ3v) is 8.35. The molecule has 2 aliphatic rings. The maximum atomic E-state index is 14.3. The Balaban J connectivity index is 1.07. The number of amides is 1. The second kappa shape index (κ2) is 9.01. The third kappa shape index (κ3) is 4.06. The van der Waals surface area contributed by atoms with Gasteiger partial charge in [0.25, 0.3) is 0 Å². The Bertz CT molecular complexity index is 1390. The van der Waals surface area contributed by atoms with Crippen molar-refractivity contribution in [1.29, 1.82) is 0 Å². The third-order valence-electron chi connectivity index (χ3n) is 6.10. The summed E-state index contributed by atoms with van der Waals surface area (Å²) >= 11 is 2.86. The second-order valence-corrected chi connectivity index (χ2v) is 10.2. The molecule has 1 saturated heterocycles. The summed E-state index contributed by atoms with van der Waals surface area (Å²) in [7, 11) is 0. The highest BCUT2D eigenvalue weighted by molar-refractivity contribution is 8.00. The SMILES string of the molecule is O=C(CSc1ncnc2c1sc1cccc(F)c12)N1CCN(Cc2ccc3c(c2)OCO3)CC1. The number of fused-ring (bicyclic) bond motifs is 4. The minimum atomic E-state index is -0.284. The molecule has 10 heteroatoms. The lowest BCUT2D eigenvalue weighted by Crippen LogP contribution is -2.48. The molecule has 0 aliphatic carbocycles. The molecule has 0 N–H and O–H groups in total. The quantitative estimate of drug-likeness (QED) is 0.304. The van der Waals surface area contributed by atoms with Crippen LogP contribution in [-0.4, -0.2) is 64.4 Å². The molecule has 4 aromatic rings. The number of benzene rings is 2. The van der Waals surface area contributed by atoms with E-state index in [2.05, 4.69) is 20.9 Å². The molecule has 7 nitrogen and oxygen atoms in total. The molecular weight excluding hydrogens is 475 g/mol. The van der Waals surface area contributed by atoms with Crippen molar-refractivity contribution in [2.45, 2.75) is 11.6 Å². The fourth-order valence-corrected chi connectivity index (χ4v) is 6.48. The van der Waals surface area contributed by atoms with Crippen molar-refractivity contribution in [3.8, 4) is 11.5 Å². The van der Waals surface area contributed by atoms with Crippen LogP contribution in [0, 0.1) is 5.82 Å². The van der Waals surface area contributed by atoms with Crippen LogP contribution in [0.25, 0.3) is 20.3 Å². The van der Waals surface area contributed by atoms with E-state index in [1.807, 2.05) is 23.1 Å². The molecule has 0 unspecified atom stereocenters. The molecule has 2 aliphatic heterocycles. The molecule has 0 atom stereocenters. The smallest absolute Gasteiger partial charge is 0.233 e. The number of rotatable bonds is 5. The molecular formula is C24H21FN4O3S2. The topological polar surface area (TPSA) is 67.8 Å². The second-order valence-electron chi connectivity index (χ2n) is 8.20. The van der Waals surface area contributed by atoms with Gasteiger partial charge in [0.1, 0.15) is 17.2 Å². The van der Waals surface area contributed by atoms with Crippen LogP contribution in [0.15, 0.2) is 47.8 Å². The number of hydrogen-bond donors (Lipinski definition) is 0. The van der Waals surface area contributed by atoms with Crippen LogP contribution in [-0.2, 0) is 11.3 Å². The number of thiophene rings is 1. The van der Waals surface area contributed by atoms with E-state index in [0.717, 1.165) is 45.6 Å². The van der Waals surface area contributed by atoms with Gasteiger partial charge in [-0.25, -0.2) is 14.4 Å². The van der Waals surface area contributed by atoms with Crippen molar-refractivity contribution >= 4 is 49.3 Å². The van der Waals surface area contributed by atoms with Gasteiger partial charge in [-0.1, -0.05) is 23.9 Å². The van der Waals surface area contributed by atoms with E-state index in [0.29, 0.717) is 29.7 Å². The maximum Gasteiger partial charge on any atom is 0.233 e. The molecule has 0 radical (unpaired) electrons. The van der Waals surface area contributed by atoms with Crippen LogP contribution in [0.2, 0.25) is 0 Å². The Labute approximate surface area is 203 Å². The van der Waals surface area contributed by atoms with Crippen LogP contribution in [0.3, 0.4) is 0 Å². The molecule has 4 heterocycles. The monoisotopic (exact) mass is 496 g/mol. The molecule has 0 saturated carbocycles. The fraction of sp³-hybridized carbons (Fsp3) is 0.292. The number of nitrogens with zero attached hydrogens (tertiary/aromatic N) is 4. The Morgan fingerprint density at radius 1 is 1.09 bits per heavy atom. The minimum absolute atomic E-state index is 0.0896. The molecule has 1 amide bonds.